The highest BCUT2D eigenvalue weighted by Gasteiger charge is 2.26. The first-order valence-electron chi connectivity index (χ1n) is 6.99. The van der Waals surface area contributed by atoms with Gasteiger partial charge in [-0.05, 0) is 42.9 Å². The maximum absolute atomic E-state index is 13.1. The predicted octanol–water partition coefficient (Wildman–Crippen LogP) is 2.56. The van der Waals surface area contributed by atoms with E-state index in [1.807, 2.05) is 0 Å². The van der Waals surface area contributed by atoms with Gasteiger partial charge in [0.25, 0.3) is 0 Å². The average molecular weight is 336 g/mol. The van der Waals surface area contributed by atoms with Crippen LogP contribution in [0.25, 0.3) is 0 Å². The molecule has 2 atom stereocenters. The van der Waals surface area contributed by atoms with Crippen LogP contribution in [0.2, 0.25) is 5.02 Å². The van der Waals surface area contributed by atoms with E-state index < -0.39 is 15.8 Å². The van der Waals surface area contributed by atoms with Crippen LogP contribution in [0.15, 0.2) is 23.1 Å². The fourth-order valence-electron chi connectivity index (χ4n) is 2.74. The zero-order valence-electron chi connectivity index (χ0n) is 11.6. The topological polar surface area (TPSA) is 66.4 Å². The number of sulfonamides is 1. The Labute approximate surface area is 129 Å². The van der Waals surface area contributed by atoms with Gasteiger partial charge in [0.05, 0.1) is 9.92 Å². The Bertz CT molecular complexity index is 594. The number of hydrogen-bond acceptors (Lipinski definition) is 3. The van der Waals surface area contributed by atoms with Crippen molar-refractivity contribution >= 4 is 21.6 Å². The zero-order valence-corrected chi connectivity index (χ0v) is 13.1. The van der Waals surface area contributed by atoms with Crippen LogP contribution in [0.3, 0.4) is 0 Å². The summed E-state index contributed by atoms with van der Waals surface area (Å²) in [6.07, 6.45) is 3.94. The van der Waals surface area contributed by atoms with Gasteiger partial charge in [0, 0.05) is 13.2 Å². The maximum Gasteiger partial charge on any atom is 0.240 e. The molecule has 1 aliphatic carbocycles. The van der Waals surface area contributed by atoms with Crippen LogP contribution in [0.1, 0.15) is 25.7 Å². The first-order valence-corrected chi connectivity index (χ1v) is 8.85. The lowest BCUT2D eigenvalue weighted by atomic mass is 9.80. The van der Waals surface area contributed by atoms with E-state index in [1.165, 1.54) is 6.07 Å². The molecule has 0 aromatic heterocycles. The minimum Gasteiger partial charge on any atom is -0.396 e. The van der Waals surface area contributed by atoms with Crippen molar-refractivity contribution in [1.82, 2.24) is 4.72 Å². The number of aliphatic hydroxyl groups is 1. The Kier molecular flexibility index (Phi) is 5.60. The van der Waals surface area contributed by atoms with E-state index in [-0.39, 0.29) is 34.9 Å². The minimum absolute atomic E-state index is 0.0507. The Hall–Kier alpha value is -0.690. The quantitative estimate of drug-likeness (QED) is 0.869. The standard InChI is InChI=1S/C14H19ClFNO3S/c15-13-7-12(5-6-14(13)16)21(19,20)17-8-10-3-1-2-4-11(10)9-18/h5-7,10-11,17-18H,1-4,8-9H2. The average Bonchev–Trinajstić information content (AvgIpc) is 2.48. The molecule has 0 amide bonds. The second-order valence-electron chi connectivity index (χ2n) is 5.42. The molecule has 1 aliphatic rings. The molecule has 0 aliphatic heterocycles. The molecule has 2 rings (SSSR count). The van der Waals surface area contributed by atoms with Gasteiger partial charge in [-0.1, -0.05) is 24.4 Å². The number of rotatable bonds is 5. The van der Waals surface area contributed by atoms with Crippen LogP contribution in [0.4, 0.5) is 4.39 Å². The first-order chi connectivity index (χ1) is 9.94. The molecule has 7 heteroatoms. The Morgan fingerprint density at radius 1 is 1.29 bits per heavy atom. The summed E-state index contributed by atoms with van der Waals surface area (Å²) in [6, 6.07) is 3.32. The SMILES string of the molecule is O=S(=O)(NCC1CCCCC1CO)c1ccc(F)c(Cl)c1. The molecule has 4 nitrogen and oxygen atoms in total. The monoisotopic (exact) mass is 335 g/mol. The summed E-state index contributed by atoms with van der Waals surface area (Å²) in [7, 11) is -3.71. The summed E-state index contributed by atoms with van der Waals surface area (Å²) in [5.41, 5.74) is 0. The van der Waals surface area contributed by atoms with Gasteiger partial charge >= 0.3 is 0 Å². The van der Waals surface area contributed by atoms with Crippen molar-refractivity contribution in [3.63, 3.8) is 0 Å². The van der Waals surface area contributed by atoms with Gasteiger partial charge in [0.2, 0.25) is 10.0 Å². The minimum atomic E-state index is -3.71. The van der Waals surface area contributed by atoms with E-state index in [9.17, 15) is 17.9 Å². The van der Waals surface area contributed by atoms with Crippen LogP contribution in [0.5, 0.6) is 0 Å². The van der Waals surface area contributed by atoms with Gasteiger partial charge < -0.3 is 5.11 Å². The summed E-state index contributed by atoms with van der Waals surface area (Å²) >= 11 is 5.61. The van der Waals surface area contributed by atoms with Gasteiger partial charge in [-0.25, -0.2) is 17.5 Å². The molecule has 118 valence electrons. The molecule has 1 saturated carbocycles. The molecular weight excluding hydrogens is 317 g/mol. The van der Waals surface area contributed by atoms with Crippen molar-refractivity contribution in [2.24, 2.45) is 11.8 Å². The van der Waals surface area contributed by atoms with Crippen LogP contribution >= 0.6 is 11.6 Å². The van der Waals surface area contributed by atoms with Gasteiger partial charge in [-0.15, -0.1) is 0 Å². The van der Waals surface area contributed by atoms with Gasteiger partial charge in [-0.3, -0.25) is 0 Å². The summed E-state index contributed by atoms with van der Waals surface area (Å²) in [4.78, 5) is -0.0507. The first kappa shape index (κ1) is 16.7. The number of benzene rings is 1. The molecule has 0 heterocycles. The molecule has 0 bridgehead atoms. The summed E-state index contributed by atoms with van der Waals surface area (Å²) < 4.78 is 40.0. The van der Waals surface area contributed by atoms with E-state index in [0.29, 0.717) is 0 Å². The Morgan fingerprint density at radius 3 is 2.57 bits per heavy atom. The van der Waals surface area contributed by atoms with E-state index in [0.717, 1.165) is 37.8 Å². The van der Waals surface area contributed by atoms with Crippen molar-refractivity contribution in [2.75, 3.05) is 13.2 Å². The molecule has 0 radical (unpaired) electrons. The fraction of sp³-hybridized carbons (Fsp3) is 0.571. The lowest BCUT2D eigenvalue weighted by Gasteiger charge is -2.30. The molecule has 0 saturated heterocycles. The zero-order chi connectivity index (χ0) is 15.5. The molecule has 21 heavy (non-hydrogen) atoms. The van der Waals surface area contributed by atoms with Crippen molar-refractivity contribution in [3.05, 3.63) is 29.0 Å². The van der Waals surface area contributed by atoms with Gasteiger partial charge in [-0.2, -0.15) is 0 Å². The third-order valence-corrected chi connectivity index (χ3v) is 5.75. The lowest BCUT2D eigenvalue weighted by Crippen LogP contribution is -2.35. The highest BCUT2D eigenvalue weighted by Crippen LogP contribution is 2.29. The van der Waals surface area contributed by atoms with E-state index >= 15 is 0 Å². The fourth-order valence-corrected chi connectivity index (χ4v) is 4.10. The van der Waals surface area contributed by atoms with Gasteiger partial charge in [0.1, 0.15) is 5.82 Å². The van der Waals surface area contributed by atoms with Gasteiger partial charge in [0.15, 0.2) is 0 Å². The molecule has 1 aromatic rings. The lowest BCUT2D eigenvalue weighted by molar-refractivity contribution is 0.136. The third kappa shape index (κ3) is 4.16. The largest absolute Gasteiger partial charge is 0.396 e. The van der Waals surface area contributed by atoms with Crippen molar-refractivity contribution in [1.29, 1.82) is 0 Å². The maximum atomic E-state index is 13.1. The second kappa shape index (κ2) is 7.05. The number of hydrogen-bond donors (Lipinski definition) is 2. The normalized spacial score (nSPS) is 23.2. The van der Waals surface area contributed by atoms with E-state index in [1.54, 1.807) is 0 Å². The summed E-state index contributed by atoms with van der Waals surface area (Å²) in [5, 5.41) is 9.12. The third-order valence-electron chi connectivity index (χ3n) is 4.04. The molecule has 0 spiro atoms. The van der Waals surface area contributed by atoms with Crippen LogP contribution in [-0.2, 0) is 10.0 Å². The number of aliphatic hydroxyl groups excluding tert-OH is 1. The number of nitrogens with one attached hydrogen (secondary N) is 1. The molecule has 1 fully saturated rings. The van der Waals surface area contributed by atoms with E-state index in [2.05, 4.69) is 4.72 Å². The van der Waals surface area contributed by atoms with Crippen LogP contribution in [-0.4, -0.2) is 26.7 Å². The molecule has 2 unspecified atom stereocenters. The van der Waals surface area contributed by atoms with Crippen LogP contribution in [0, 0.1) is 17.7 Å². The molecular formula is C14H19ClFNO3S. The molecule has 1 aromatic carbocycles. The predicted molar refractivity (Wildman–Crippen MR) is 79.1 cm³/mol. The molecule has 2 N–H and O–H groups in total. The number of halogens is 2. The smallest absolute Gasteiger partial charge is 0.240 e. The Morgan fingerprint density at radius 2 is 1.95 bits per heavy atom. The summed E-state index contributed by atoms with van der Waals surface area (Å²) in [5.74, 6) is -0.379. The second-order valence-corrected chi connectivity index (χ2v) is 7.59. The summed E-state index contributed by atoms with van der Waals surface area (Å²) in [6.45, 7) is 0.358. The Balaban J connectivity index is 2.05. The van der Waals surface area contributed by atoms with Crippen molar-refractivity contribution < 1.29 is 17.9 Å². The van der Waals surface area contributed by atoms with E-state index in [4.69, 9.17) is 11.6 Å². The highest BCUT2D eigenvalue weighted by molar-refractivity contribution is 7.89. The highest BCUT2D eigenvalue weighted by atomic mass is 35.5. The van der Waals surface area contributed by atoms with Crippen molar-refractivity contribution in [3.8, 4) is 0 Å². The van der Waals surface area contributed by atoms with Crippen LogP contribution < -0.4 is 4.72 Å². The van der Waals surface area contributed by atoms with Crippen molar-refractivity contribution in [2.45, 2.75) is 30.6 Å².